The van der Waals surface area contributed by atoms with Crippen LogP contribution < -0.4 is 10.9 Å². The van der Waals surface area contributed by atoms with E-state index < -0.39 is 30.8 Å². The molecule has 4 rings (SSSR count). The van der Waals surface area contributed by atoms with Gasteiger partial charge in [0.05, 0.1) is 29.9 Å². The molecule has 3 aromatic rings. The number of aryl methyl sites for hydroxylation is 2. The van der Waals surface area contributed by atoms with Gasteiger partial charge in [0.2, 0.25) is 5.91 Å². The number of alkyl halides is 2. The molecule has 0 aliphatic heterocycles. The topological polar surface area (TPSA) is 97.1 Å². The number of halogens is 2. The van der Waals surface area contributed by atoms with Crippen LogP contribution in [0, 0.1) is 12.8 Å². The molecule has 0 aromatic carbocycles. The molecule has 1 fully saturated rings. The summed E-state index contributed by atoms with van der Waals surface area (Å²) in [7, 11) is 1.62. The van der Waals surface area contributed by atoms with E-state index in [4.69, 9.17) is 0 Å². The van der Waals surface area contributed by atoms with Crippen LogP contribution in [0.3, 0.4) is 0 Å². The highest BCUT2D eigenvalue weighted by molar-refractivity contribution is 5.95. The predicted octanol–water partition coefficient (Wildman–Crippen LogP) is 3.38. The lowest BCUT2D eigenvalue weighted by molar-refractivity contribution is -0.117. The van der Waals surface area contributed by atoms with Crippen molar-refractivity contribution in [3.8, 4) is 11.1 Å². The Hall–Kier alpha value is -3.20. The number of carbonyl (C=O) groups is 1. The number of fused-ring (bicyclic) bond motifs is 1. The standard InChI is InChI=1S/C23H24F2N4O3/c1-12-6-18(20(30)4-3-5-24)26-11-16(12)14-7-13-10-27-21(9-19(13)29(2)23(14)32)28-22(31)15-8-17(15)25/h6-7,9-11,15,17,20,30H,3-5,8H2,1-2H3,(H,27,28,31)/t15-,17+,20-/m0/s1. The summed E-state index contributed by atoms with van der Waals surface area (Å²) in [6.07, 6.45) is 1.87. The predicted molar refractivity (Wildman–Crippen MR) is 117 cm³/mol. The number of nitrogens with one attached hydrogen (secondary N) is 1. The molecule has 0 unspecified atom stereocenters. The monoisotopic (exact) mass is 442 g/mol. The molecule has 1 aliphatic rings. The molecule has 32 heavy (non-hydrogen) atoms. The van der Waals surface area contributed by atoms with Gasteiger partial charge in [-0.05, 0) is 43.9 Å². The van der Waals surface area contributed by atoms with E-state index in [1.165, 1.54) is 10.8 Å². The molecule has 9 heteroatoms. The average molecular weight is 442 g/mol. The van der Waals surface area contributed by atoms with E-state index in [1.807, 2.05) is 6.92 Å². The number of amides is 1. The van der Waals surface area contributed by atoms with Gasteiger partial charge in [-0.15, -0.1) is 0 Å². The van der Waals surface area contributed by atoms with Crippen molar-refractivity contribution in [1.82, 2.24) is 14.5 Å². The summed E-state index contributed by atoms with van der Waals surface area (Å²) >= 11 is 0. The number of hydrogen-bond donors (Lipinski definition) is 2. The Bertz CT molecular complexity index is 1240. The van der Waals surface area contributed by atoms with Crippen molar-refractivity contribution < 1.29 is 18.7 Å². The maximum atomic E-state index is 13.1. The van der Waals surface area contributed by atoms with Crippen LogP contribution in [0.5, 0.6) is 0 Å². The fraction of sp³-hybridized carbons (Fsp3) is 0.391. The lowest BCUT2D eigenvalue weighted by atomic mass is 10.0. The van der Waals surface area contributed by atoms with Crippen LogP contribution in [-0.4, -0.2) is 38.4 Å². The Morgan fingerprint density at radius 1 is 1.28 bits per heavy atom. The van der Waals surface area contributed by atoms with Gasteiger partial charge >= 0.3 is 0 Å². The van der Waals surface area contributed by atoms with Gasteiger partial charge in [0.25, 0.3) is 5.56 Å². The van der Waals surface area contributed by atoms with Crippen molar-refractivity contribution in [3.05, 3.63) is 52.2 Å². The molecule has 1 saturated carbocycles. The number of nitrogens with zero attached hydrogens (tertiary/aromatic N) is 3. The van der Waals surface area contributed by atoms with Crippen molar-refractivity contribution in [1.29, 1.82) is 0 Å². The number of anilines is 1. The Morgan fingerprint density at radius 3 is 2.69 bits per heavy atom. The number of carbonyl (C=O) groups excluding carboxylic acids is 1. The van der Waals surface area contributed by atoms with E-state index in [0.29, 0.717) is 27.7 Å². The van der Waals surface area contributed by atoms with Crippen LogP contribution in [0.1, 0.15) is 36.6 Å². The first-order valence-electron chi connectivity index (χ1n) is 10.5. The van der Waals surface area contributed by atoms with Crippen LogP contribution in [0.15, 0.2) is 35.4 Å². The third-order valence-electron chi connectivity index (χ3n) is 5.78. The zero-order valence-electron chi connectivity index (χ0n) is 17.8. The minimum atomic E-state index is -1.10. The van der Waals surface area contributed by atoms with Gasteiger partial charge < -0.3 is 15.0 Å². The van der Waals surface area contributed by atoms with Crippen LogP contribution in [0.4, 0.5) is 14.6 Å². The van der Waals surface area contributed by atoms with Crippen LogP contribution in [0.2, 0.25) is 0 Å². The second-order valence-corrected chi connectivity index (χ2v) is 8.17. The average Bonchev–Trinajstić information content (AvgIpc) is 3.51. The van der Waals surface area contributed by atoms with Crippen molar-refractivity contribution in [2.45, 2.75) is 38.5 Å². The summed E-state index contributed by atoms with van der Waals surface area (Å²) in [4.78, 5) is 33.6. The number of rotatable bonds is 7. The molecule has 0 saturated heterocycles. The molecule has 168 valence electrons. The molecule has 2 N–H and O–H groups in total. The normalized spacial score (nSPS) is 18.5. The van der Waals surface area contributed by atoms with E-state index in [9.17, 15) is 23.5 Å². The number of aliphatic hydroxyl groups excluding tert-OH is 1. The van der Waals surface area contributed by atoms with Crippen LogP contribution in [-0.2, 0) is 11.8 Å². The number of hydrogen-bond acceptors (Lipinski definition) is 5. The number of pyridine rings is 3. The van der Waals surface area contributed by atoms with Crippen molar-refractivity contribution in [3.63, 3.8) is 0 Å². The Labute approximate surface area is 183 Å². The van der Waals surface area contributed by atoms with Crippen molar-refractivity contribution in [2.75, 3.05) is 12.0 Å². The summed E-state index contributed by atoms with van der Waals surface area (Å²) in [5.74, 6) is -0.789. The largest absolute Gasteiger partial charge is 0.387 e. The molecule has 3 heterocycles. The van der Waals surface area contributed by atoms with Crippen LogP contribution in [0.25, 0.3) is 22.0 Å². The third kappa shape index (κ3) is 4.25. The summed E-state index contributed by atoms with van der Waals surface area (Å²) in [6, 6.07) is 5.00. The fourth-order valence-electron chi connectivity index (χ4n) is 3.74. The van der Waals surface area contributed by atoms with E-state index in [0.717, 1.165) is 5.56 Å². The van der Waals surface area contributed by atoms with E-state index in [-0.39, 0.29) is 30.6 Å². The van der Waals surface area contributed by atoms with E-state index in [1.54, 1.807) is 31.4 Å². The molecule has 3 aromatic heterocycles. The zero-order valence-corrected chi connectivity index (χ0v) is 17.8. The molecular formula is C23H24F2N4O3. The number of aliphatic hydroxyl groups is 1. The quantitative estimate of drug-likeness (QED) is 0.585. The molecule has 7 nitrogen and oxygen atoms in total. The maximum Gasteiger partial charge on any atom is 0.258 e. The molecule has 3 atom stereocenters. The molecule has 1 amide bonds. The zero-order chi connectivity index (χ0) is 23.0. The highest BCUT2D eigenvalue weighted by Crippen LogP contribution is 2.34. The summed E-state index contributed by atoms with van der Waals surface area (Å²) in [6.45, 7) is 1.32. The van der Waals surface area contributed by atoms with Gasteiger partial charge in [0.1, 0.15) is 12.0 Å². The van der Waals surface area contributed by atoms with Gasteiger partial charge in [0, 0.05) is 42.0 Å². The lowest BCUT2D eigenvalue weighted by Gasteiger charge is -2.14. The molecule has 1 aliphatic carbocycles. The van der Waals surface area contributed by atoms with Crippen molar-refractivity contribution >= 4 is 22.6 Å². The van der Waals surface area contributed by atoms with Gasteiger partial charge in [-0.1, -0.05) is 0 Å². The lowest BCUT2D eigenvalue weighted by Crippen LogP contribution is -2.20. The second kappa shape index (κ2) is 8.74. The minimum absolute atomic E-state index is 0.223. The molecule has 0 radical (unpaired) electrons. The Balaban J connectivity index is 1.66. The fourth-order valence-corrected chi connectivity index (χ4v) is 3.74. The highest BCUT2D eigenvalue weighted by Gasteiger charge is 2.43. The SMILES string of the molecule is Cc1cc([C@@H](O)CCCF)ncc1-c1cc2cnc(NC(=O)[C@H]3C[C@H]3F)cc2n(C)c1=O. The first-order valence-corrected chi connectivity index (χ1v) is 10.5. The highest BCUT2D eigenvalue weighted by atomic mass is 19.1. The van der Waals surface area contributed by atoms with Gasteiger partial charge in [-0.2, -0.15) is 0 Å². The first kappa shape index (κ1) is 22.0. The smallest absolute Gasteiger partial charge is 0.258 e. The second-order valence-electron chi connectivity index (χ2n) is 8.17. The third-order valence-corrected chi connectivity index (χ3v) is 5.78. The maximum absolute atomic E-state index is 13.1. The molecule has 0 spiro atoms. The summed E-state index contributed by atoms with van der Waals surface area (Å²) in [5, 5.41) is 13.4. The molecular weight excluding hydrogens is 418 g/mol. The van der Waals surface area contributed by atoms with E-state index in [2.05, 4.69) is 15.3 Å². The summed E-state index contributed by atoms with van der Waals surface area (Å²) in [5.41, 5.74) is 2.54. The Morgan fingerprint density at radius 2 is 2.03 bits per heavy atom. The number of aromatic nitrogens is 3. The van der Waals surface area contributed by atoms with Gasteiger partial charge in [-0.25, -0.2) is 9.37 Å². The van der Waals surface area contributed by atoms with E-state index >= 15 is 0 Å². The minimum Gasteiger partial charge on any atom is -0.387 e. The summed E-state index contributed by atoms with van der Waals surface area (Å²) < 4.78 is 26.9. The van der Waals surface area contributed by atoms with Crippen LogP contribution >= 0.6 is 0 Å². The van der Waals surface area contributed by atoms with Gasteiger partial charge in [0.15, 0.2) is 0 Å². The Kier molecular flexibility index (Phi) is 6.01. The molecule has 0 bridgehead atoms. The van der Waals surface area contributed by atoms with Crippen molar-refractivity contribution in [2.24, 2.45) is 13.0 Å². The van der Waals surface area contributed by atoms with Gasteiger partial charge in [-0.3, -0.25) is 19.0 Å². The first-order chi connectivity index (χ1) is 15.3.